The van der Waals surface area contributed by atoms with Gasteiger partial charge in [0.15, 0.2) is 0 Å². The summed E-state index contributed by atoms with van der Waals surface area (Å²) in [6, 6.07) is 0. The molecule has 1 aliphatic heterocycles. The Kier molecular flexibility index (Phi) is 3.14. The van der Waals surface area contributed by atoms with Crippen molar-refractivity contribution in [1.29, 1.82) is 0 Å². The van der Waals surface area contributed by atoms with E-state index in [-0.39, 0.29) is 11.3 Å². The van der Waals surface area contributed by atoms with Crippen LogP contribution in [0, 0.1) is 5.41 Å². The summed E-state index contributed by atoms with van der Waals surface area (Å²) in [7, 11) is 0. The van der Waals surface area contributed by atoms with Crippen LogP contribution in [0.15, 0.2) is 23.9 Å². The van der Waals surface area contributed by atoms with Crippen molar-refractivity contribution in [3.63, 3.8) is 0 Å². The van der Waals surface area contributed by atoms with Crippen LogP contribution in [0.4, 0.5) is 0 Å². The standard InChI is InChI=1S/C12H19NO/c1-5-6-12(3,4)10-7-9(2)13-11(14)8-10/h7H,2,5-6,8H2,1,3-4H3,(H,13,14). The zero-order chi connectivity index (χ0) is 10.8. The molecule has 0 aromatic heterocycles. The average Bonchev–Trinajstić information content (AvgIpc) is 2.02. The first-order valence-corrected chi connectivity index (χ1v) is 5.15. The van der Waals surface area contributed by atoms with Gasteiger partial charge in [-0.3, -0.25) is 4.79 Å². The van der Waals surface area contributed by atoms with Crippen molar-refractivity contribution in [2.45, 2.75) is 40.0 Å². The van der Waals surface area contributed by atoms with Crippen LogP contribution in [0.3, 0.4) is 0 Å². The first-order chi connectivity index (χ1) is 6.45. The number of amides is 1. The predicted octanol–water partition coefficient (Wildman–Crippen LogP) is 2.77. The molecule has 0 aliphatic carbocycles. The number of carbonyl (C=O) groups excluding carboxylic acids is 1. The van der Waals surface area contributed by atoms with Crippen molar-refractivity contribution in [1.82, 2.24) is 5.32 Å². The maximum atomic E-state index is 11.3. The fourth-order valence-corrected chi connectivity index (χ4v) is 1.91. The molecule has 0 aromatic rings. The maximum Gasteiger partial charge on any atom is 0.228 e. The molecule has 0 bridgehead atoms. The first-order valence-electron chi connectivity index (χ1n) is 5.15. The number of nitrogens with one attached hydrogen (secondary N) is 1. The van der Waals surface area contributed by atoms with Crippen LogP contribution in [-0.2, 0) is 4.79 Å². The minimum absolute atomic E-state index is 0.0664. The van der Waals surface area contributed by atoms with Gasteiger partial charge in [-0.25, -0.2) is 0 Å². The Morgan fingerprint density at radius 2 is 2.21 bits per heavy atom. The van der Waals surface area contributed by atoms with Gasteiger partial charge in [-0.05, 0) is 17.9 Å². The van der Waals surface area contributed by atoms with Crippen LogP contribution in [0.2, 0.25) is 0 Å². The molecule has 1 heterocycles. The van der Waals surface area contributed by atoms with Gasteiger partial charge in [-0.2, -0.15) is 0 Å². The van der Waals surface area contributed by atoms with Crippen molar-refractivity contribution in [2.75, 3.05) is 0 Å². The Labute approximate surface area is 86.1 Å². The van der Waals surface area contributed by atoms with Crippen molar-refractivity contribution >= 4 is 5.91 Å². The number of carbonyl (C=O) groups is 1. The zero-order valence-electron chi connectivity index (χ0n) is 9.31. The van der Waals surface area contributed by atoms with E-state index in [1.807, 2.05) is 6.08 Å². The molecule has 14 heavy (non-hydrogen) atoms. The Morgan fingerprint density at radius 3 is 2.71 bits per heavy atom. The molecule has 0 radical (unpaired) electrons. The normalized spacial score (nSPS) is 17.8. The van der Waals surface area contributed by atoms with E-state index in [1.165, 1.54) is 5.57 Å². The van der Waals surface area contributed by atoms with Crippen LogP contribution in [0.25, 0.3) is 0 Å². The quantitative estimate of drug-likeness (QED) is 0.733. The molecule has 2 nitrogen and oxygen atoms in total. The second kappa shape index (κ2) is 3.99. The second-order valence-corrected chi connectivity index (χ2v) is 4.55. The van der Waals surface area contributed by atoms with E-state index < -0.39 is 0 Å². The van der Waals surface area contributed by atoms with E-state index in [9.17, 15) is 4.79 Å². The minimum atomic E-state index is 0.0664. The summed E-state index contributed by atoms with van der Waals surface area (Å²) in [5.41, 5.74) is 2.05. The van der Waals surface area contributed by atoms with Gasteiger partial charge < -0.3 is 5.32 Å². The van der Waals surface area contributed by atoms with Crippen molar-refractivity contribution < 1.29 is 4.79 Å². The second-order valence-electron chi connectivity index (χ2n) is 4.55. The molecule has 1 N–H and O–H groups in total. The molecule has 0 unspecified atom stereocenters. The third-order valence-corrected chi connectivity index (χ3v) is 2.74. The van der Waals surface area contributed by atoms with Gasteiger partial charge in [0, 0.05) is 12.1 Å². The van der Waals surface area contributed by atoms with Gasteiger partial charge in [0.05, 0.1) is 0 Å². The van der Waals surface area contributed by atoms with Crippen LogP contribution in [0.1, 0.15) is 40.0 Å². The summed E-state index contributed by atoms with van der Waals surface area (Å²) in [5, 5.41) is 2.71. The lowest BCUT2D eigenvalue weighted by Crippen LogP contribution is -2.30. The SMILES string of the molecule is C=C1C=C(C(C)(C)CCC)CC(=O)N1. The largest absolute Gasteiger partial charge is 0.326 e. The number of rotatable bonds is 3. The molecule has 1 amide bonds. The molecule has 0 aromatic carbocycles. The summed E-state index contributed by atoms with van der Waals surface area (Å²) in [4.78, 5) is 11.3. The van der Waals surface area contributed by atoms with Crippen molar-refractivity contribution in [3.8, 4) is 0 Å². The van der Waals surface area contributed by atoms with Gasteiger partial charge >= 0.3 is 0 Å². The van der Waals surface area contributed by atoms with E-state index >= 15 is 0 Å². The number of hydrogen-bond donors (Lipinski definition) is 1. The molecular weight excluding hydrogens is 174 g/mol. The van der Waals surface area contributed by atoms with E-state index in [1.54, 1.807) is 0 Å². The third-order valence-electron chi connectivity index (χ3n) is 2.74. The van der Waals surface area contributed by atoms with Gasteiger partial charge in [-0.1, -0.05) is 39.3 Å². The average molecular weight is 193 g/mol. The summed E-state index contributed by atoms with van der Waals surface area (Å²) in [6.07, 6.45) is 4.78. The third kappa shape index (κ3) is 2.47. The molecule has 78 valence electrons. The van der Waals surface area contributed by atoms with E-state index in [0.717, 1.165) is 18.5 Å². The Hall–Kier alpha value is -1.05. The smallest absolute Gasteiger partial charge is 0.228 e. The summed E-state index contributed by atoms with van der Waals surface area (Å²) in [6.45, 7) is 10.3. The highest BCUT2D eigenvalue weighted by atomic mass is 16.1. The predicted molar refractivity (Wildman–Crippen MR) is 58.7 cm³/mol. The molecule has 0 spiro atoms. The van der Waals surface area contributed by atoms with Crippen LogP contribution >= 0.6 is 0 Å². The fourth-order valence-electron chi connectivity index (χ4n) is 1.91. The lowest BCUT2D eigenvalue weighted by atomic mass is 9.77. The highest BCUT2D eigenvalue weighted by molar-refractivity contribution is 5.83. The Balaban J connectivity index is 2.86. The Morgan fingerprint density at radius 1 is 1.57 bits per heavy atom. The summed E-state index contributed by atoms with van der Waals surface area (Å²) in [5.74, 6) is 0.0664. The van der Waals surface area contributed by atoms with E-state index in [4.69, 9.17) is 0 Å². The lowest BCUT2D eigenvalue weighted by molar-refractivity contribution is -0.120. The maximum absolute atomic E-state index is 11.3. The highest BCUT2D eigenvalue weighted by Gasteiger charge is 2.26. The minimum Gasteiger partial charge on any atom is -0.326 e. The molecule has 1 rings (SSSR count). The zero-order valence-corrected chi connectivity index (χ0v) is 9.31. The molecule has 0 saturated carbocycles. The molecule has 1 aliphatic rings. The molecule has 0 fully saturated rings. The van der Waals surface area contributed by atoms with Crippen LogP contribution in [-0.4, -0.2) is 5.91 Å². The molecular formula is C12H19NO. The number of allylic oxidation sites excluding steroid dienone is 1. The van der Waals surface area contributed by atoms with Gasteiger partial charge in [-0.15, -0.1) is 0 Å². The molecule has 0 atom stereocenters. The molecule has 0 saturated heterocycles. The van der Waals surface area contributed by atoms with Gasteiger partial charge in [0.2, 0.25) is 5.91 Å². The van der Waals surface area contributed by atoms with Gasteiger partial charge in [0.1, 0.15) is 0 Å². The topological polar surface area (TPSA) is 29.1 Å². The summed E-state index contributed by atoms with van der Waals surface area (Å²) < 4.78 is 0. The lowest BCUT2D eigenvalue weighted by Gasteiger charge is -2.30. The first kappa shape index (κ1) is 11.0. The van der Waals surface area contributed by atoms with Crippen molar-refractivity contribution in [3.05, 3.63) is 23.9 Å². The molecule has 2 heteroatoms. The van der Waals surface area contributed by atoms with Crippen LogP contribution < -0.4 is 5.32 Å². The fraction of sp³-hybridized carbons (Fsp3) is 0.583. The Bertz CT molecular complexity index is 287. The van der Waals surface area contributed by atoms with E-state index in [0.29, 0.717) is 6.42 Å². The highest BCUT2D eigenvalue weighted by Crippen LogP contribution is 2.35. The van der Waals surface area contributed by atoms with Crippen LogP contribution in [0.5, 0.6) is 0 Å². The number of hydrogen-bond acceptors (Lipinski definition) is 1. The monoisotopic (exact) mass is 193 g/mol. The summed E-state index contributed by atoms with van der Waals surface area (Å²) >= 11 is 0. The van der Waals surface area contributed by atoms with E-state index in [2.05, 4.69) is 32.7 Å². The van der Waals surface area contributed by atoms with Crippen molar-refractivity contribution in [2.24, 2.45) is 5.41 Å². The van der Waals surface area contributed by atoms with Gasteiger partial charge in [0.25, 0.3) is 0 Å².